The minimum atomic E-state index is -0.210. The molecule has 4 nitrogen and oxygen atoms in total. The van der Waals surface area contributed by atoms with Crippen LogP contribution in [0.3, 0.4) is 0 Å². The van der Waals surface area contributed by atoms with Crippen LogP contribution in [0.15, 0.2) is 54.6 Å². The van der Waals surface area contributed by atoms with Gasteiger partial charge in [-0.05, 0) is 85.7 Å². The van der Waals surface area contributed by atoms with Crippen molar-refractivity contribution in [2.75, 3.05) is 6.54 Å². The van der Waals surface area contributed by atoms with E-state index in [0.717, 1.165) is 44.5 Å². The fourth-order valence-corrected chi connectivity index (χ4v) is 5.31. The van der Waals surface area contributed by atoms with E-state index in [4.69, 9.17) is 0 Å². The molecule has 3 aromatic rings. The molecule has 0 spiro atoms. The van der Waals surface area contributed by atoms with Crippen LogP contribution in [0.4, 0.5) is 0 Å². The Balaban J connectivity index is 1.78. The van der Waals surface area contributed by atoms with Gasteiger partial charge in [0.25, 0.3) is 0 Å². The van der Waals surface area contributed by atoms with E-state index >= 15 is 0 Å². The van der Waals surface area contributed by atoms with Gasteiger partial charge >= 0.3 is 0 Å². The molecule has 0 aromatic heterocycles. The van der Waals surface area contributed by atoms with E-state index in [0.29, 0.717) is 24.5 Å². The monoisotopic (exact) mass is 583 g/mol. The average molecular weight is 584 g/mol. The SMILES string of the molecule is CC(C)(C)c1cc(CCNC(=O)C=Cc2cccc(-c3cc(C(C)(C)C)c(O)c(C(C)(C)C)c3)c2)cc(C(C)(C)C)c1O. The number of benzene rings is 3. The molecule has 0 fully saturated rings. The number of rotatable bonds is 6. The summed E-state index contributed by atoms with van der Waals surface area (Å²) in [6.07, 6.45) is 4.09. The van der Waals surface area contributed by atoms with Crippen LogP contribution in [0.2, 0.25) is 0 Å². The first kappa shape index (κ1) is 34.0. The van der Waals surface area contributed by atoms with Gasteiger partial charge < -0.3 is 15.5 Å². The van der Waals surface area contributed by atoms with Gasteiger partial charge in [-0.1, -0.05) is 113 Å². The molecular weight excluding hydrogens is 530 g/mol. The van der Waals surface area contributed by atoms with Crippen LogP contribution in [-0.2, 0) is 32.9 Å². The molecule has 43 heavy (non-hydrogen) atoms. The molecule has 0 heterocycles. The summed E-state index contributed by atoms with van der Waals surface area (Å²) in [6.45, 7) is 25.8. The molecule has 4 heteroatoms. The lowest BCUT2D eigenvalue weighted by atomic mass is 9.77. The van der Waals surface area contributed by atoms with E-state index in [9.17, 15) is 15.0 Å². The third-order valence-electron chi connectivity index (χ3n) is 7.87. The zero-order valence-electron chi connectivity index (χ0n) is 28.5. The average Bonchev–Trinajstić information content (AvgIpc) is 2.86. The Morgan fingerprint density at radius 1 is 0.651 bits per heavy atom. The molecule has 0 bridgehead atoms. The topological polar surface area (TPSA) is 69.6 Å². The molecule has 0 aliphatic carbocycles. The smallest absolute Gasteiger partial charge is 0.244 e. The highest BCUT2D eigenvalue weighted by molar-refractivity contribution is 5.92. The molecule has 0 radical (unpaired) electrons. The van der Waals surface area contributed by atoms with Crippen LogP contribution in [0.25, 0.3) is 17.2 Å². The summed E-state index contributed by atoms with van der Waals surface area (Å²) in [5.41, 5.74) is 7.02. The van der Waals surface area contributed by atoms with Crippen molar-refractivity contribution in [2.24, 2.45) is 0 Å². The van der Waals surface area contributed by atoms with Crippen molar-refractivity contribution in [1.82, 2.24) is 5.32 Å². The summed E-state index contributed by atoms with van der Waals surface area (Å²) in [6, 6.07) is 16.4. The summed E-state index contributed by atoms with van der Waals surface area (Å²) < 4.78 is 0. The zero-order valence-corrected chi connectivity index (χ0v) is 28.5. The second-order valence-electron chi connectivity index (χ2n) is 16.0. The molecule has 1 amide bonds. The second kappa shape index (κ2) is 12.2. The maximum Gasteiger partial charge on any atom is 0.244 e. The molecule has 232 valence electrons. The number of amides is 1. The van der Waals surface area contributed by atoms with Crippen molar-refractivity contribution >= 4 is 12.0 Å². The lowest BCUT2D eigenvalue weighted by Gasteiger charge is -2.28. The Kier molecular flexibility index (Phi) is 9.66. The Morgan fingerprint density at radius 3 is 1.53 bits per heavy atom. The minimum Gasteiger partial charge on any atom is -0.507 e. The van der Waals surface area contributed by atoms with Gasteiger partial charge in [0.1, 0.15) is 11.5 Å². The van der Waals surface area contributed by atoms with Gasteiger partial charge in [0, 0.05) is 23.7 Å². The van der Waals surface area contributed by atoms with Crippen LogP contribution in [-0.4, -0.2) is 22.7 Å². The predicted molar refractivity (Wildman–Crippen MR) is 182 cm³/mol. The number of hydrogen-bond acceptors (Lipinski definition) is 3. The van der Waals surface area contributed by atoms with Gasteiger partial charge in [-0.2, -0.15) is 0 Å². The van der Waals surface area contributed by atoms with E-state index < -0.39 is 0 Å². The van der Waals surface area contributed by atoms with Crippen molar-refractivity contribution in [2.45, 2.75) is 111 Å². The van der Waals surface area contributed by atoms with Gasteiger partial charge in [0.05, 0.1) is 0 Å². The molecule has 3 N–H and O–H groups in total. The minimum absolute atomic E-state index is 0.147. The van der Waals surface area contributed by atoms with Gasteiger partial charge in [0.15, 0.2) is 0 Å². The summed E-state index contributed by atoms with van der Waals surface area (Å²) >= 11 is 0. The molecule has 0 aliphatic rings. The molecule has 3 aromatic carbocycles. The highest BCUT2D eigenvalue weighted by atomic mass is 16.3. The van der Waals surface area contributed by atoms with Gasteiger partial charge in [-0.25, -0.2) is 0 Å². The lowest BCUT2D eigenvalue weighted by Crippen LogP contribution is -2.24. The van der Waals surface area contributed by atoms with Crippen LogP contribution in [0.1, 0.15) is 116 Å². The van der Waals surface area contributed by atoms with Gasteiger partial charge in [-0.3, -0.25) is 4.79 Å². The number of aromatic hydroxyl groups is 2. The molecule has 0 unspecified atom stereocenters. The summed E-state index contributed by atoms with van der Waals surface area (Å²) in [7, 11) is 0. The largest absolute Gasteiger partial charge is 0.507 e. The van der Waals surface area contributed by atoms with Crippen molar-refractivity contribution < 1.29 is 15.0 Å². The highest BCUT2D eigenvalue weighted by Crippen LogP contribution is 2.42. The molecule has 0 saturated carbocycles. The van der Waals surface area contributed by atoms with Crippen LogP contribution >= 0.6 is 0 Å². The first-order valence-electron chi connectivity index (χ1n) is 15.4. The molecule has 3 rings (SSSR count). The third kappa shape index (κ3) is 8.53. The Bertz CT molecular complexity index is 1430. The van der Waals surface area contributed by atoms with Crippen LogP contribution in [0.5, 0.6) is 11.5 Å². The normalized spacial score (nSPS) is 13.0. The first-order valence-corrected chi connectivity index (χ1v) is 15.4. The first-order chi connectivity index (χ1) is 19.6. The number of hydrogen-bond donors (Lipinski definition) is 3. The number of phenolic OH excluding ortho intramolecular Hbond substituents is 2. The van der Waals surface area contributed by atoms with Gasteiger partial charge in [-0.15, -0.1) is 0 Å². The zero-order chi connectivity index (χ0) is 32.5. The molecule has 0 saturated heterocycles. The maximum absolute atomic E-state index is 12.7. The van der Waals surface area contributed by atoms with E-state index in [1.807, 2.05) is 18.2 Å². The standard InChI is InChI=1S/C39H53NO3/c1-36(2,3)29-21-26(22-30(34(29)42)37(4,5)6)18-19-40-33(41)17-16-25-14-13-15-27(20-25)28-23-31(38(7,8)9)35(43)32(24-28)39(10,11)12/h13-17,20-24,42-43H,18-19H2,1-12H3,(H,40,41). The van der Waals surface area contributed by atoms with Crippen molar-refractivity contribution in [3.8, 4) is 22.6 Å². The maximum atomic E-state index is 12.7. The predicted octanol–water partition coefficient (Wildman–Crippen LogP) is 9.33. The molecule has 0 atom stereocenters. The van der Waals surface area contributed by atoms with Crippen molar-refractivity contribution in [1.29, 1.82) is 0 Å². The Morgan fingerprint density at radius 2 is 1.09 bits per heavy atom. The fraction of sp³-hybridized carbons (Fsp3) is 0.462. The Hall–Kier alpha value is -3.53. The van der Waals surface area contributed by atoms with Crippen molar-refractivity contribution in [3.05, 3.63) is 88.0 Å². The quantitative estimate of drug-likeness (QED) is 0.253. The fourth-order valence-electron chi connectivity index (χ4n) is 5.31. The molecular formula is C39H53NO3. The van der Waals surface area contributed by atoms with E-state index in [1.54, 1.807) is 6.08 Å². The summed E-state index contributed by atoms with van der Waals surface area (Å²) in [4.78, 5) is 12.7. The Labute approximate surface area is 260 Å². The van der Waals surface area contributed by atoms with Crippen molar-refractivity contribution in [3.63, 3.8) is 0 Å². The van der Waals surface area contributed by atoms with Crippen LogP contribution < -0.4 is 5.32 Å². The van der Waals surface area contributed by atoms with E-state index in [1.165, 1.54) is 0 Å². The number of phenols is 2. The number of nitrogens with one attached hydrogen (secondary N) is 1. The van der Waals surface area contributed by atoms with Crippen LogP contribution in [0, 0.1) is 0 Å². The van der Waals surface area contributed by atoms with Gasteiger partial charge in [0.2, 0.25) is 5.91 Å². The molecule has 0 aliphatic heterocycles. The highest BCUT2D eigenvalue weighted by Gasteiger charge is 2.28. The summed E-state index contributed by atoms with van der Waals surface area (Å²) in [5.74, 6) is 0.591. The third-order valence-corrected chi connectivity index (χ3v) is 7.87. The second-order valence-corrected chi connectivity index (χ2v) is 16.0. The van der Waals surface area contributed by atoms with E-state index in [-0.39, 0.29) is 27.6 Å². The lowest BCUT2D eigenvalue weighted by molar-refractivity contribution is -0.116. The summed E-state index contributed by atoms with van der Waals surface area (Å²) in [5, 5.41) is 25.1. The van der Waals surface area contributed by atoms with E-state index in [2.05, 4.69) is 125 Å². The number of carbonyl (C=O) groups is 1. The number of carbonyl (C=O) groups excluding carboxylic acids is 1.